The lowest BCUT2D eigenvalue weighted by Crippen LogP contribution is -2.35. The molecular weight excluding hydrogens is 338 g/mol. The van der Waals surface area contributed by atoms with Crippen molar-refractivity contribution in [3.05, 3.63) is 11.1 Å². The van der Waals surface area contributed by atoms with Crippen molar-refractivity contribution >= 4 is 17.2 Å². The van der Waals surface area contributed by atoms with Crippen molar-refractivity contribution in [2.75, 3.05) is 19.7 Å². The Morgan fingerprint density at radius 3 is 2.80 bits per heavy atom. The first-order valence-electron chi connectivity index (χ1n) is 8.45. The van der Waals surface area contributed by atoms with E-state index in [1.807, 2.05) is 34.6 Å². The van der Waals surface area contributed by atoms with Crippen molar-refractivity contribution in [2.45, 2.75) is 53.2 Å². The Kier molecular flexibility index (Phi) is 8.90. The molecule has 0 radical (unpaired) electrons. The Bertz CT molecular complexity index is 597. The number of amides is 1. The maximum atomic E-state index is 12.0. The van der Waals surface area contributed by atoms with Gasteiger partial charge in [-0.2, -0.15) is 0 Å². The number of thiazole rings is 1. The van der Waals surface area contributed by atoms with Crippen molar-refractivity contribution in [1.29, 1.82) is 0 Å². The summed E-state index contributed by atoms with van der Waals surface area (Å²) < 4.78 is 5.43. The minimum Gasteiger partial charge on any atom is -0.467 e. The third kappa shape index (κ3) is 10.1. The third-order valence-electron chi connectivity index (χ3n) is 2.87. The van der Waals surface area contributed by atoms with Crippen molar-refractivity contribution in [3.8, 4) is 17.0 Å². The number of hydrogen-bond acceptors (Lipinski definition) is 6. The summed E-state index contributed by atoms with van der Waals surface area (Å²) in [4.78, 5) is 16.6. The largest absolute Gasteiger partial charge is 0.467 e. The SMILES string of the molecule is CC(C)NCC(O)COc1ncc(C(=O)NCCC#CC(C)(C)C)s1. The van der Waals surface area contributed by atoms with Gasteiger partial charge in [-0.05, 0) is 20.8 Å². The molecule has 0 saturated carbocycles. The molecule has 0 saturated heterocycles. The lowest BCUT2D eigenvalue weighted by Gasteiger charge is -2.13. The second kappa shape index (κ2) is 10.4. The van der Waals surface area contributed by atoms with Gasteiger partial charge in [-0.3, -0.25) is 4.79 Å². The van der Waals surface area contributed by atoms with Gasteiger partial charge in [-0.1, -0.05) is 31.1 Å². The monoisotopic (exact) mass is 367 g/mol. The average molecular weight is 368 g/mol. The van der Waals surface area contributed by atoms with Crippen molar-refractivity contribution in [1.82, 2.24) is 15.6 Å². The van der Waals surface area contributed by atoms with Gasteiger partial charge >= 0.3 is 0 Å². The maximum Gasteiger partial charge on any atom is 0.273 e. The summed E-state index contributed by atoms with van der Waals surface area (Å²) in [5.41, 5.74) is -0.0246. The molecule has 3 N–H and O–H groups in total. The van der Waals surface area contributed by atoms with E-state index < -0.39 is 6.10 Å². The number of carbonyl (C=O) groups excluding carboxylic acids is 1. The van der Waals surface area contributed by atoms with Gasteiger partial charge in [0, 0.05) is 31.0 Å². The van der Waals surface area contributed by atoms with Crippen molar-refractivity contribution < 1.29 is 14.6 Å². The number of nitrogens with one attached hydrogen (secondary N) is 2. The van der Waals surface area contributed by atoms with Gasteiger partial charge in [0.2, 0.25) is 0 Å². The van der Waals surface area contributed by atoms with Gasteiger partial charge in [0.15, 0.2) is 0 Å². The summed E-state index contributed by atoms with van der Waals surface area (Å²) >= 11 is 1.16. The molecule has 1 atom stereocenters. The quantitative estimate of drug-likeness (QED) is 0.460. The molecule has 0 aliphatic rings. The second-order valence-electron chi connectivity index (χ2n) is 7.08. The standard InChI is InChI=1S/C18H29N3O3S/c1-13(2)20-10-14(22)12-24-17-21-11-15(25-17)16(23)19-9-7-6-8-18(3,4)5/h11,13-14,20,22H,7,9-10,12H2,1-5H3,(H,19,23). The van der Waals surface area contributed by atoms with E-state index in [2.05, 4.69) is 27.5 Å². The zero-order valence-electron chi connectivity index (χ0n) is 15.7. The topological polar surface area (TPSA) is 83.5 Å². The summed E-state index contributed by atoms with van der Waals surface area (Å²) in [5, 5.41) is 16.1. The Morgan fingerprint density at radius 2 is 2.16 bits per heavy atom. The highest BCUT2D eigenvalue weighted by molar-refractivity contribution is 7.15. The average Bonchev–Trinajstić information content (AvgIpc) is 2.98. The van der Waals surface area contributed by atoms with Crippen LogP contribution in [0.15, 0.2) is 6.20 Å². The molecule has 0 aromatic carbocycles. The molecule has 1 unspecified atom stereocenters. The van der Waals surface area contributed by atoms with E-state index in [-0.39, 0.29) is 17.9 Å². The highest BCUT2D eigenvalue weighted by atomic mass is 32.1. The smallest absolute Gasteiger partial charge is 0.273 e. The molecule has 1 aromatic heterocycles. The van der Waals surface area contributed by atoms with Crippen LogP contribution in [0.4, 0.5) is 0 Å². The number of aliphatic hydroxyl groups excluding tert-OH is 1. The molecule has 140 valence electrons. The lowest BCUT2D eigenvalue weighted by atomic mass is 9.98. The van der Waals surface area contributed by atoms with Gasteiger partial charge in [-0.25, -0.2) is 4.98 Å². The first-order valence-corrected chi connectivity index (χ1v) is 9.27. The number of hydrogen-bond donors (Lipinski definition) is 3. The highest BCUT2D eigenvalue weighted by Crippen LogP contribution is 2.20. The van der Waals surface area contributed by atoms with Crippen LogP contribution >= 0.6 is 11.3 Å². The minimum absolute atomic E-state index is 0.0246. The molecule has 0 aliphatic carbocycles. The van der Waals surface area contributed by atoms with Gasteiger partial charge in [0.25, 0.3) is 11.1 Å². The van der Waals surface area contributed by atoms with E-state index >= 15 is 0 Å². The third-order valence-corrected chi connectivity index (χ3v) is 3.78. The van der Waals surface area contributed by atoms with E-state index in [4.69, 9.17) is 4.74 Å². The first-order chi connectivity index (χ1) is 11.7. The lowest BCUT2D eigenvalue weighted by molar-refractivity contribution is 0.0958. The molecule has 1 rings (SSSR count). The van der Waals surface area contributed by atoms with Crippen LogP contribution in [0.1, 0.15) is 50.7 Å². The maximum absolute atomic E-state index is 12.0. The summed E-state index contributed by atoms with van der Waals surface area (Å²) in [5.74, 6) is 5.99. The van der Waals surface area contributed by atoms with Gasteiger partial charge in [0.1, 0.15) is 17.6 Å². The number of nitrogens with zero attached hydrogens (tertiary/aromatic N) is 1. The molecule has 1 aromatic rings. The molecule has 0 spiro atoms. The molecule has 1 heterocycles. The van der Waals surface area contributed by atoms with E-state index in [9.17, 15) is 9.90 Å². The van der Waals surface area contributed by atoms with Gasteiger partial charge in [-0.15, -0.1) is 5.92 Å². The zero-order chi connectivity index (χ0) is 18.9. The van der Waals surface area contributed by atoms with Crippen LogP contribution in [0.25, 0.3) is 0 Å². The fourth-order valence-electron chi connectivity index (χ4n) is 1.68. The van der Waals surface area contributed by atoms with Crippen LogP contribution in [0.2, 0.25) is 0 Å². The normalized spacial score (nSPS) is 12.4. The van der Waals surface area contributed by atoms with E-state index in [0.29, 0.717) is 35.6 Å². The van der Waals surface area contributed by atoms with Crippen molar-refractivity contribution in [3.63, 3.8) is 0 Å². The molecule has 25 heavy (non-hydrogen) atoms. The minimum atomic E-state index is -0.620. The second-order valence-corrected chi connectivity index (χ2v) is 8.07. The summed E-state index contributed by atoms with van der Waals surface area (Å²) in [6.45, 7) is 11.2. The van der Waals surface area contributed by atoms with Crippen LogP contribution in [0.3, 0.4) is 0 Å². The molecule has 0 aliphatic heterocycles. The van der Waals surface area contributed by atoms with Crippen LogP contribution < -0.4 is 15.4 Å². The molecule has 1 amide bonds. The number of aliphatic hydroxyl groups is 1. The Labute approximate surface area is 154 Å². The van der Waals surface area contributed by atoms with Crippen LogP contribution in [0, 0.1) is 17.3 Å². The Morgan fingerprint density at radius 1 is 1.44 bits per heavy atom. The number of aromatic nitrogens is 1. The van der Waals surface area contributed by atoms with E-state index in [1.54, 1.807) is 0 Å². The Balaban J connectivity index is 2.33. The van der Waals surface area contributed by atoms with Crippen LogP contribution in [0.5, 0.6) is 5.19 Å². The molecular formula is C18H29N3O3S. The summed E-state index contributed by atoms with van der Waals surface area (Å²) in [6.07, 6.45) is 1.47. The molecule has 7 heteroatoms. The van der Waals surface area contributed by atoms with Gasteiger partial charge < -0.3 is 20.5 Å². The molecule has 6 nitrogen and oxygen atoms in total. The summed E-state index contributed by atoms with van der Waals surface area (Å²) in [7, 11) is 0. The molecule has 0 bridgehead atoms. The Hall–Kier alpha value is -1.62. The van der Waals surface area contributed by atoms with E-state index in [0.717, 1.165) is 11.3 Å². The highest BCUT2D eigenvalue weighted by Gasteiger charge is 2.12. The van der Waals surface area contributed by atoms with Crippen LogP contribution in [-0.4, -0.2) is 47.8 Å². The van der Waals surface area contributed by atoms with Gasteiger partial charge in [0.05, 0.1) is 6.20 Å². The number of carbonyl (C=O) groups is 1. The summed E-state index contributed by atoms with van der Waals surface area (Å²) in [6, 6.07) is 0.304. The zero-order valence-corrected chi connectivity index (χ0v) is 16.5. The fourth-order valence-corrected chi connectivity index (χ4v) is 2.37. The van der Waals surface area contributed by atoms with E-state index in [1.165, 1.54) is 6.20 Å². The first kappa shape index (κ1) is 21.4. The van der Waals surface area contributed by atoms with Crippen molar-refractivity contribution in [2.24, 2.45) is 5.41 Å². The predicted molar refractivity (Wildman–Crippen MR) is 101 cm³/mol. The number of ether oxygens (including phenoxy) is 1. The predicted octanol–water partition coefficient (Wildman–Crippen LogP) is 2.05. The van der Waals surface area contributed by atoms with Crippen LogP contribution in [-0.2, 0) is 0 Å². The number of rotatable bonds is 9. The fraction of sp³-hybridized carbons (Fsp3) is 0.667. The molecule has 0 fully saturated rings.